The molecule has 1 amide bonds. The van der Waals surface area contributed by atoms with Gasteiger partial charge < -0.3 is 10.6 Å². The fourth-order valence-electron chi connectivity index (χ4n) is 3.20. The quantitative estimate of drug-likeness (QED) is 0.843. The maximum absolute atomic E-state index is 12.0. The number of carbonyl (C=O) groups excluding carboxylic acids is 1. The van der Waals surface area contributed by atoms with Crippen molar-refractivity contribution < 1.29 is 4.79 Å². The molecule has 20 heavy (non-hydrogen) atoms. The Hall–Kier alpha value is -0.100. The summed E-state index contributed by atoms with van der Waals surface area (Å²) < 4.78 is 1.11. The number of amides is 1. The monoisotopic (exact) mass is 378 g/mol. The van der Waals surface area contributed by atoms with Gasteiger partial charge in [0.2, 0.25) is 5.91 Å². The molecule has 2 unspecified atom stereocenters. The standard InChI is InChI=1S/C14H19BrN2OS.ClH/c15-9-5-13(19-8-9)3-4-14(18)17-12-6-10-1-2-11(7-12)16-10;/h5,8,10-12,16H,1-4,6-7H2,(H,17,18);1H. The minimum atomic E-state index is 0. The Kier molecular flexibility index (Phi) is 5.90. The Morgan fingerprint density at radius 3 is 2.70 bits per heavy atom. The minimum Gasteiger partial charge on any atom is -0.353 e. The van der Waals surface area contributed by atoms with Gasteiger partial charge in [-0.25, -0.2) is 0 Å². The molecule has 2 aliphatic rings. The molecule has 2 fully saturated rings. The number of rotatable bonds is 4. The fourth-order valence-corrected chi connectivity index (χ4v) is 4.65. The average molecular weight is 380 g/mol. The number of piperidine rings is 1. The fraction of sp³-hybridized carbons (Fsp3) is 0.643. The number of halogens is 2. The molecule has 0 saturated carbocycles. The first-order valence-electron chi connectivity index (χ1n) is 6.97. The van der Waals surface area contributed by atoms with Gasteiger partial charge >= 0.3 is 0 Å². The number of hydrogen-bond donors (Lipinski definition) is 2. The number of nitrogens with one attached hydrogen (secondary N) is 2. The predicted octanol–water partition coefficient (Wildman–Crippen LogP) is 3.26. The van der Waals surface area contributed by atoms with E-state index in [-0.39, 0.29) is 18.3 Å². The van der Waals surface area contributed by atoms with E-state index in [1.807, 2.05) is 0 Å². The van der Waals surface area contributed by atoms with Gasteiger partial charge in [-0.2, -0.15) is 0 Å². The molecule has 2 N–H and O–H groups in total. The molecule has 0 spiro atoms. The average Bonchev–Trinajstić information content (AvgIpc) is 2.93. The topological polar surface area (TPSA) is 41.1 Å². The molecule has 6 heteroatoms. The molecule has 1 aromatic heterocycles. The summed E-state index contributed by atoms with van der Waals surface area (Å²) >= 11 is 5.15. The number of carbonyl (C=O) groups is 1. The molecule has 2 bridgehead atoms. The van der Waals surface area contributed by atoms with Gasteiger partial charge in [0.05, 0.1) is 0 Å². The first-order chi connectivity index (χ1) is 9.19. The van der Waals surface area contributed by atoms with Crippen LogP contribution in [0, 0.1) is 0 Å². The van der Waals surface area contributed by atoms with E-state index in [0.29, 0.717) is 24.5 Å². The van der Waals surface area contributed by atoms with Crippen molar-refractivity contribution >= 4 is 45.6 Å². The van der Waals surface area contributed by atoms with Crippen molar-refractivity contribution in [3.8, 4) is 0 Å². The van der Waals surface area contributed by atoms with Crippen LogP contribution in [0.2, 0.25) is 0 Å². The van der Waals surface area contributed by atoms with Crippen molar-refractivity contribution in [1.29, 1.82) is 0 Å². The Morgan fingerprint density at radius 1 is 1.40 bits per heavy atom. The van der Waals surface area contributed by atoms with E-state index >= 15 is 0 Å². The number of fused-ring (bicyclic) bond motifs is 2. The molecule has 0 radical (unpaired) electrons. The second-order valence-electron chi connectivity index (χ2n) is 5.60. The second kappa shape index (κ2) is 7.25. The summed E-state index contributed by atoms with van der Waals surface area (Å²) in [5, 5.41) is 8.88. The van der Waals surface area contributed by atoms with Gasteiger partial charge in [0.15, 0.2) is 0 Å². The third-order valence-electron chi connectivity index (χ3n) is 4.06. The van der Waals surface area contributed by atoms with Gasteiger partial charge in [0.1, 0.15) is 0 Å². The number of thiophene rings is 1. The van der Waals surface area contributed by atoms with E-state index < -0.39 is 0 Å². The maximum Gasteiger partial charge on any atom is 0.220 e. The lowest BCUT2D eigenvalue weighted by Crippen LogP contribution is -2.48. The lowest BCUT2D eigenvalue weighted by atomic mass is 9.99. The molecule has 0 aliphatic carbocycles. The summed E-state index contributed by atoms with van der Waals surface area (Å²) in [7, 11) is 0. The molecule has 3 rings (SSSR count). The summed E-state index contributed by atoms with van der Waals surface area (Å²) in [4.78, 5) is 13.3. The van der Waals surface area contributed by atoms with Crippen LogP contribution in [0.4, 0.5) is 0 Å². The van der Waals surface area contributed by atoms with Crippen LogP contribution in [0.5, 0.6) is 0 Å². The maximum atomic E-state index is 12.0. The van der Waals surface area contributed by atoms with Gasteiger partial charge in [0, 0.05) is 39.3 Å². The van der Waals surface area contributed by atoms with Crippen LogP contribution in [0.15, 0.2) is 15.9 Å². The van der Waals surface area contributed by atoms with E-state index in [2.05, 4.69) is 38.0 Å². The highest BCUT2D eigenvalue weighted by molar-refractivity contribution is 9.10. The zero-order valence-electron chi connectivity index (χ0n) is 11.2. The van der Waals surface area contributed by atoms with Crippen LogP contribution in [0.25, 0.3) is 0 Å². The zero-order chi connectivity index (χ0) is 13.2. The highest BCUT2D eigenvalue weighted by Gasteiger charge is 2.33. The van der Waals surface area contributed by atoms with Crippen LogP contribution in [-0.4, -0.2) is 24.0 Å². The third-order valence-corrected chi connectivity index (χ3v) is 5.82. The van der Waals surface area contributed by atoms with Crippen LogP contribution in [0.1, 0.15) is 37.0 Å². The lowest BCUT2D eigenvalue weighted by Gasteiger charge is -2.29. The second-order valence-corrected chi connectivity index (χ2v) is 7.52. The van der Waals surface area contributed by atoms with E-state index in [4.69, 9.17) is 0 Å². The van der Waals surface area contributed by atoms with Crippen molar-refractivity contribution in [3.63, 3.8) is 0 Å². The molecular weight excluding hydrogens is 360 g/mol. The van der Waals surface area contributed by atoms with Gasteiger partial charge in [-0.05, 0) is 54.1 Å². The van der Waals surface area contributed by atoms with E-state index in [1.165, 1.54) is 17.7 Å². The molecule has 112 valence electrons. The molecule has 2 aliphatic heterocycles. The summed E-state index contributed by atoms with van der Waals surface area (Å²) in [5.74, 6) is 0.204. The van der Waals surface area contributed by atoms with Gasteiger partial charge in [-0.3, -0.25) is 4.79 Å². The SMILES string of the molecule is Cl.O=C(CCc1cc(Br)cs1)NC1CC2CCC(C1)N2. The highest BCUT2D eigenvalue weighted by Crippen LogP contribution is 2.27. The highest BCUT2D eigenvalue weighted by atomic mass is 79.9. The Bertz CT molecular complexity index is 456. The van der Waals surface area contributed by atoms with E-state index in [9.17, 15) is 4.79 Å². The summed E-state index contributed by atoms with van der Waals surface area (Å²) in [5.41, 5.74) is 0. The predicted molar refractivity (Wildman–Crippen MR) is 88.7 cm³/mol. The van der Waals surface area contributed by atoms with Gasteiger partial charge in [0.25, 0.3) is 0 Å². The van der Waals surface area contributed by atoms with Crippen molar-refractivity contribution in [2.75, 3.05) is 0 Å². The summed E-state index contributed by atoms with van der Waals surface area (Å²) in [6.45, 7) is 0. The zero-order valence-corrected chi connectivity index (χ0v) is 14.5. The number of hydrogen-bond acceptors (Lipinski definition) is 3. The third kappa shape index (κ3) is 4.20. The van der Waals surface area contributed by atoms with Gasteiger partial charge in [-0.15, -0.1) is 23.7 Å². The molecule has 2 atom stereocenters. The van der Waals surface area contributed by atoms with Crippen LogP contribution < -0.4 is 10.6 Å². The molecule has 3 nitrogen and oxygen atoms in total. The first-order valence-corrected chi connectivity index (χ1v) is 8.64. The number of aryl methyl sites for hydroxylation is 1. The lowest BCUT2D eigenvalue weighted by molar-refractivity contribution is -0.122. The largest absolute Gasteiger partial charge is 0.353 e. The summed E-state index contributed by atoms with van der Waals surface area (Å²) in [6, 6.07) is 3.76. The Balaban J connectivity index is 0.00000147. The Labute approximate surface area is 138 Å². The molecule has 0 aromatic carbocycles. The molecule has 1 aromatic rings. The summed E-state index contributed by atoms with van der Waals surface area (Å²) in [6.07, 6.45) is 6.21. The van der Waals surface area contributed by atoms with Crippen LogP contribution >= 0.6 is 39.7 Å². The first kappa shape index (κ1) is 16.3. The van der Waals surface area contributed by atoms with Crippen molar-refractivity contribution in [1.82, 2.24) is 10.6 Å². The minimum absolute atomic E-state index is 0. The molecule has 2 saturated heterocycles. The molecule has 3 heterocycles. The van der Waals surface area contributed by atoms with Crippen molar-refractivity contribution in [2.45, 2.75) is 56.7 Å². The van der Waals surface area contributed by atoms with E-state index in [1.54, 1.807) is 11.3 Å². The van der Waals surface area contributed by atoms with Crippen molar-refractivity contribution in [3.05, 3.63) is 20.8 Å². The van der Waals surface area contributed by atoms with Crippen LogP contribution in [0.3, 0.4) is 0 Å². The van der Waals surface area contributed by atoms with Gasteiger partial charge in [-0.1, -0.05) is 0 Å². The van der Waals surface area contributed by atoms with E-state index in [0.717, 1.165) is 23.7 Å². The van der Waals surface area contributed by atoms with Crippen molar-refractivity contribution in [2.24, 2.45) is 0 Å². The van der Waals surface area contributed by atoms with Crippen LogP contribution in [-0.2, 0) is 11.2 Å². The molecular formula is C14H20BrClN2OS. The normalized spacial score (nSPS) is 27.9. The Morgan fingerprint density at radius 2 is 2.10 bits per heavy atom. The smallest absolute Gasteiger partial charge is 0.220 e.